The average Bonchev–Trinajstić information content (AvgIpc) is 3.00. The molecule has 0 saturated heterocycles. The van der Waals surface area contributed by atoms with Crippen LogP contribution >= 0.6 is 0 Å². The van der Waals surface area contributed by atoms with Crippen LogP contribution < -0.4 is 10.6 Å². The van der Waals surface area contributed by atoms with Crippen LogP contribution in [0.4, 0.5) is 0 Å². The maximum absolute atomic E-state index is 12.3. The van der Waals surface area contributed by atoms with Crippen molar-refractivity contribution in [3.8, 4) is 0 Å². The Kier molecular flexibility index (Phi) is 3.83. The molecule has 2 N–H and O–H groups in total. The Hall–Kier alpha value is -2.07. The second-order valence-corrected chi connectivity index (χ2v) is 5.00. The van der Waals surface area contributed by atoms with Crippen LogP contribution in [-0.2, 0) is 17.8 Å². The smallest absolute Gasteiger partial charge is 0.228 e. The van der Waals surface area contributed by atoms with Crippen LogP contribution in [0.3, 0.4) is 0 Å². The molecule has 0 saturated carbocycles. The summed E-state index contributed by atoms with van der Waals surface area (Å²) in [6.07, 6.45) is 2.37. The second kappa shape index (κ2) is 5.92. The van der Waals surface area contributed by atoms with Crippen molar-refractivity contribution in [2.24, 2.45) is 0 Å². The molecule has 1 aromatic carbocycles. The summed E-state index contributed by atoms with van der Waals surface area (Å²) in [6.45, 7) is 2.14. The zero-order valence-electron chi connectivity index (χ0n) is 11.3. The third-order valence-electron chi connectivity index (χ3n) is 3.66. The lowest BCUT2D eigenvalue weighted by Crippen LogP contribution is -2.39. The van der Waals surface area contributed by atoms with E-state index in [9.17, 15) is 4.79 Å². The van der Waals surface area contributed by atoms with Crippen LogP contribution in [0, 0.1) is 0 Å². The molecule has 1 atom stereocenters. The Morgan fingerprint density at radius 1 is 1.30 bits per heavy atom. The first-order valence-corrected chi connectivity index (χ1v) is 6.93. The standard InChI is InChI=1S/C16H18N2O2/c19-16(18-8-7-13-5-3-9-20-13)15-11-17-10-12-4-1-2-6-14(12)15/h1-6,9,15,17H,7-8,10-11H2,(H,18,19). The van der Waals surface area contributed by atoms with Gasteiger partial charge in [-0.25, -0.2) is 0 Å². The number of hydrogen-bond donors (Lipinski definition) is 2. The first-order chi connectivity index (χ1) is 9.84. The Balaban J connectivity index is 1.60. The van der Waals surface area contributed by atoms with E-state index >= 15 is 0 Å². The minimum Gasteiger partial charge on any atom is -0.469 e. The first kappa shape index (κ1) is 12.9. The molecule has 0 aliphatic carbocycles. The molecular formula is C16H18N2O2. The topological polar surface area (TPSA) is 54.3 Å². The number of nitrogens with one attached hydrogen (secondary N) is 2. The van der Waals surface area contributed by atoms with E-state index in [0.29, 0.717) is 13.1 Å². The lowest BCUT2D eigenvalue weighted by atomic mass is 9.90. The van der Waals surface area contributed by atoms with Gasteiger partial charge in [0.15, 0.2) is 0 Å². The van der Waals surface area contributed by atoms with Crippen molar-refractivity contribution in [3.63, 3.8) is 0 Å². The minimum atomic E-state index is -0.100. The van der Waals surface area contributed by atoms with Crippen LogP contribution in [0.15, 0.2) is 47.1 Å². The Morgan fingerprint density at radius 3 is 3.05 bits per heavy atom. The van der Waals surface area contributed by atoms with Crippen molar-refractivity contribution in [3.05, 3.63) is 59.5 Å². The Bertz CT molecular complexity index is 578. The molecule has 0 bridgehead atoms. The largest absolute Gasteiger partial charge is 0.469 e. The van der Waals surface area contributed by atoms with Crippen molar-refractivity contribution in [2.45, 2.75) is 18.9 Å². The van der Waals surface area contributed by atoms with Crippen LogP contribution in [0.1, 0.15) is 22.8 Å². The number of rotatable bonds is 4. The number of hydrogen-bond acceptors (Lipinski definition) is 3. The molecule has 2 aromatic rings. The molecule has 0 fully saturated rings. The maximum atomic E-state index is 12.3. The Labute approximate surface area is 118 Å². The number of carbonyl (C=O) groups is 1. The lowest BCUT2D eigenvalue weighted by molar-refractivity contribution is -0.122. The van der Waals surface area contributed by atoms with Gasteiger partial charge in [0.1, 0.15) is 5.76 Å². The number of carbonyl (C=O) groups excluding carboxylic acids is 1. The molecule has 0 radical (unpaired) electrons. The van der Waals surface area contributed by atoms with E-state index in [4.69, 9.17) is 4.42 Å². The van der Waals surface area contributed by atoms with Gasteiger partial charge in [-0.2, -0.15) is 0 Å². The normalized spacial score (nSPS) is 17.5. The van der Waals surface area contributed by atoms with E-state index in [-0.39, 0.29) is 11.8 Å². The molecule has 3 rings (SSSR count). The lowest BCUT2D eigenvalue weighted by Gasteiger charge is -2.25. The number of benzene rings is 1. The van der Waals surface area contributed by atoms with Gasteiger partial charge < -0.3 is 15.1 Å². The molecule has 4 nitrogen and oxygen atoms in total. The van der Waals surface area contributed by atoms with Gasteiger partial charge in [0.05, 0.1) is 12.2 Å². The molecule has 104 valence electrons. The summed E-state index contributed by atoms with van der Waals surface area (Å²) < 4.78 is 5.25. The van der Waals surface area contributed by atoms with E-state index in [1.54, 1.807) is 6.26 Å². The fourth-order valence-electron chi connectivity index (χ4n) is 2.62. The molecule has 1 aromatic heterocycles. The molecule has 2 heterocycles. The summed E-state index contributed by atoms with van der Waals surface area (Å²) in [5.74, 6) is 0.875. The zero-order valence-corrected chi connectivity index (χ0v) is 11.3. The maximum Gasteiger partial charge on any atom is 0.228 e. The summed E-state index contributed by atoms with van der Waals surface area (Å²) >= 11 is 0. The van der Waals surface area contributed by atoms with Crippen LogP contribution in [0.5, 0.6) is 0 Å². The predicted octanol–water partition coefficient (Wildman–Crippen LogP) is 1.83. The summed E-state index contributed by atoms with van der Waals surface area (Å²) in [5, 5.41) is 6.29. The highest BCUT2D eigenvalue weighted by atomic mass is 16.3. The fraction of sp³-hybridized carbons (Fsp3) is 0.312. The van der Waals surface area contributed by atoms with Crippen LogP contribution in [0.2, 0.25) is 0 Å². The molecule has 1 unspecified atom stereocenters. The van der Waals surface area contributed by atoms with E-state index < -0.39 is 0 Å². The highest BCUT2D eigenvalue weighted by molar-refractivity contribution is 5.84. The summed E-state index contributed by atoms with van der Waals surface area (Å²) in [6, 6.07) is 11.9. The van der Waals surface area contributed by atoms with Gasteiger partial charge in [0.2, 0.25) is 5.91 Å². The SMILES string of the molecule is O=C(NCCc1ccco1)C1CNCc2ccccc21. The van der Waals surface area contributed by atoms with Crippen molar-refractivity contribution < 1.29 is 9.21 Å². The van der Waals surface area contributed by atoms with Gasteiger partial charge in [-0.15, -0.1) is 0 Å². The van der Waals surface area contributed by atoms with Crippen molar-refractivity contribution in [1.82, 2.24) is 10.6 Å². The van der Waals surface area contributed by atoms with Gasteiger partial charge in [-0.3, -0.25) is 4.79 Å². The van der Waals surface area contributed by atoms with E-state index in [1.165, 1.54) is 5.56 Å². The predicted molar refractivity (Wildman–Crippen MR) is 76.3 cm³/mol. The highest BCUT2D eigenvalue weighted by Crippen LogP contribution is 2.23. The fourth-order valence-corrected chi connectivity index (χ4v) is 2.62. The van der Waals surface area contributed by atoms with Gasteiger partial charge in [0.25, 0.3) is 0 Å². The number of furan rings is 1. The Morgan fingerprint density at radius 2 is 2.20 bits per heavy atom. The molecule has 20 heavy (non-hydrogen) atoms. The van der Waals surface area contributed by atoms with E-state index in [0.717, 1.165) is 24.3 Å². The summed E-state index contributed by atoms with van der Waals surface area (Å²) in [7, 11) is 0. The van der Waals surface area contributed by atoms with Gasteiger partial charge in [-0.05, 0) is 23.3 Å². The molecule has 1 aliphatic rings. The number of amides is 1. The van der Waals surface area contributed by atoms with Gasteiger partial charge in [0, 0.05) is 26.1 Å². The number of fused-ring (bicyclic) bond motifs is 1. The zero-order chi connectivity index (χ0) is 13.8. The third-order valence-corrected chi connectivity index (χ3v) is 3.66. The molecule has 4 heteroatoms. The summed E-state index contributed by atoms with van der Waals surface area (Å²) in [4.78, 5) is 12.3. The quantitative estimate of drug-likeness (QED) is 0.891. The van der Waals surface area contributed by atoms with Gasteiger partial charge in [-0.1, -0.05) is 24.3 Å². The molecule has 1 amide bonds. The van der Waals surface area contributed by atoms with Crippen molar-refractivity contribution in [2.75, 3.05) is 13.1 Å². The van der Waals surface area contributed by atoms with Crippen molar-refractivity contribution in [1.29, 1.82) is 0 Å². The monoisotopic (exact) mass is 270 g/mol. The average molecular weight is 270 g/mol. The first-order valence-electron chi connectivity index (χ1n) is 6.93. The summed E-state index contributed by atoms with van der Waals surface area (Å²) in [5.41, 5.74) is 2.35. The molecule has 1 aliphatic heterocycles. The van der Waals surface area contributed by atoms with Gasteiger partial charge >= 0.3 is 0 Å². The minimum absolute atomic E-state index is 0.0798. The van der Waals surface area contributed by atoms with E-state index in [2.05, 4.69) is 16.7 Å². The molecule has 0 spiro atoms. The van der Waals surface area contributed by atoms with Crippen LogP contribution in [-0.4, -0.2) is 19.0 Å². The van der Waals surface area contributed by atoms with Crippen LogP contribution in [0.25, 0.3) is 0 Å². The highest BCUT2D eigenvalue weighted by Gasteiger charge is 2.25. The molecular weight excluding hydrogens is 252 g/mol. The van der Waals surface area contributed by atoms with E-state index in [1.807, 2.05) is 30.3 Å². The van der Waals surface area contributed by atoms with Crippen molar-refractivity contribution >= 4 is 5.91 Å². The second-order valence-electron chi connectivity index (χ2n) is 5.00. The third kappa shape index (κ3) is 2.75.